The van der Waals surface area contributed by atoms with E-state index in [4.69, 9.17) is 15.6 Å². The fourth-order valence-corrected chi connectivity index (χ4v) is 3.96. The molecule has 4 rings (SSSR count). The minimum atomic E-state index is -5.08. The van der Waals surface area contributed by atoms with Crippen LogP contribution in [0, 0.1) is 23.7 Å². The molecule has 1 aromatic carbocycles. The van der Waals surface area contributed by atoms with Crippen LogP contribution < -0.4 is 11.1 Å². The first kappa shape index (κ1) is 31.1. The molecule has 0 aliphatic heterocycles. The highest BCUT2D eigenvalue weighted by atomic mass is 19.4. The molecule has 3 aromatic rings. The van der Waals surface area contributed by atoms with Gasteiger partial charge in [-0.05, 0) is 43.9 Å². The van der Waals surface area contributed by atoms with Crippen LogP contribution in [-0.2, 0) is 10.4 Å². The minimum Gasteiger partial charge on any atom is -0.475 e. The van der Waals surface area contributed by atoms with Gasteiger partial charge in [-0.25, -0.2) is 14.8 Å². The average Bonchev–Trinajstić information content (AvgIpc) is 3.27. The maximum absolute atomic E-state index is 13.4. The van der Waals surface area contributed by atoms with E-state index in [1.807, 2.05) is 0 Å². The summed E-state index contributed by atoms with van der Waals surface area (Å²) in [6.45, 7) is 2.59. The lowest BCUT2D eigenvalue weighted by molar-refractivity contribution is -0.258. The number of nitrogen functional groups attached to an aromatic ring is 1. The van der Waals surface area contributed by atoms with Crippen molar-refractivity contribution in [2.24, 2.45) is 5.41 Å². The van der Waals surface area contributed by atoms with E-state index in [2.05, 4.69) is 21.4 Å². The molecule has 10 nitrogen and oxygen atoms in total. The summed E-state index contributed by atoms with van der Waals surface area (Å²) >= 11 is 0. The molecule has 1 unspecified atom stereocenters. The zero-order chi connectivity index (χ0) is 31.0. The summed E-state index contributed by atoms with van der Waals surface area (Å²) in [4.78, 5) is 30.0. The molecule has 16 heteroatoms. The van der Waals surface area contributed by atoms with Gasteiger partial charge in [0.1, 0.15) is 5.69 Å². The number of rotatable bonds is 5. The SMILES string of the molecule is Cc1ccc(C(C)(O)C(F)(F)F)cc1-c1cnc2c(N)nc(C(=O)NCC3(C#N)CCC3)cn12.O=C(O)C(F)(F)F. The van der Waals surface area contributed by atoms with Crippen LogP contribution in [0.5, 0.6) is 0 Å². The van der Waals surface area contributed by atoms with E-state index >= 15 is 0 Å². The topological polar surface area (TPSA) is 167 Å². The van der Waals surface area contributed by atoms with E-state index in [-0.39, 0.29) is 29.3 Å². The Kier molecular flexibility index (Phi) is 8.27. The second kappa shape index (κ2) is 10.9. The molecule has 1 aliphatic rings. The summed E-state index contributed by atoms with van der Waals surface area (Å²) in [5, 5.41) is 29.3. The number of aromatic nitrogens is 3. The van der Waals surface area contributed by atoms with Crippen LogP contribution >= 0.6 is 0 Å². The molecule has 5 N–H and O–H groups in total. The van der Waals surface area contributed by atoms with Crippen LogP contribution in [0.15, 0.2) is 30.6 Å². The molecule has 0 bridgehead atoms. The van der Waals surface area contributed by atoms with Crippen molar-refractivity contribution >= 4 is 23.3 Å². The normalized spacial score (nSPS) is 16.0. The monoisotopic (exact) mass is 586 g/mol. The number of amides is 1. The number of nitrogens with zero attached hydrogens (tertiary/aromatic N) is 4. The largest absolute Gasteiger partial charge is 0.490 e. The maximum atomic E-state index is 13.4. The number of aliphatic carboxylic acids is 1. The number of benzene rings is 1. The summed E-state index contributed by atoms with van der Waals surface area (Å²) in [6.07, 6.45) is -4.79. The highest BCUT2D eigenvalue weighted by molar-refractivity contribution is 5.93. The first-order chi connectivity index (χ1) is 18.8. The molecule has 220 valence electrons. The minimum absolute atomic E-state index is 0.0206. The second-order valence-corrected chi connectivity index (χ2v) is 9.68. The van der Waals surface area contributed by atoms with Gasteiger partial charge in [-0.1, -0.05) is 18.6 Å². The Morgan fingerprint density at radius 2 is 1.83 bits per heavy atom. The van der Waals surface area contributed by atoms with Crippen LogP contribution in [0.25, 0.3) is 16.9 Å². The molecule has 1 fully saturated rings. The van der Waals surface area contributed by atoms with Gasteiger partial charge >= 0.3 is 18.3 Å². The molecular weight excluding hydrogens is 562 g/mol. The summed E-state index contributed by atoms with van der Waals surface area (Å²) in [7, 11) is 0. The van der Waals surface area contributed by atoms with Crippen molar-refractivity contribution < 1.29 is 46.1 Å². The number of carboxylic acid groups (broad SMARTS) is 1. The van der Waals surface area contributed by atoms with E-state index in [0.29, 0.717) is 36.6 Å². The zero-order valence-electron chi connectivity index (χ0n) is 21.6. The number of nitriles is 1. The van der Waals surface area contributed by atoms with Crippen LogP contribution in [0.2, 0.25) is 0 Å². The van der Waals surface area contributed by atoms with Crippen molar-refractivity contribution in [2.75, 3.05) is 12.3 Å². The average molecular weight is 586 g/mol. The number of carbonyl (C=O) groups excluding carboxylic acids is 1. The van der Waals surface area contributed by atoms with E-state index in [1.54, 1.807) is 6.92 Å². The van der Waals surface area contributed by atoms with Gasteiger partial charge in [0.25, 0.3) is 5.91 Å². The number of aliphatic hydroxyl groups is 1. The van der Waals surface area contributed by atoms with Crippen molar-refractivity contribution in [1.29, 1.82) is 5.26 Å². The number of carbonyl (C=O) groups is 2. The number of hydrogen-bond acceptors (Lipinski definition) is 7. The third-order valence-electron chi connectivity index (χ3n) is 6.76. The lowest BCUT2D eigenvalue weighted by atomic mass is 9.70. The number of halogens is 6. The smallest absolute Gasteiger partial charge is 0.475 e. The predicted molar refractivity (Wildman–Crippen MR) is 131 cm³/mol. The number of anilines is 1. The number of carboxylic acids is 1. The molecule has 1 saturated carbocycles. The Morgan fingerprint density at radius 1 is 1.22 bits per heavy atom. The third kappa shape index (κ3) is 6.35. The lowest BCUT2D eigenvalue weighted by Gasteiger charge is -2.34. The van der Waals surface area contributed by atoms with Crippen LogP contribution in [-0.4, -0.2) is 55.4 Å². The summed E-state index contributed by atoms with van der Waals surface area (Å²) in [6, 6.07) is 6.19. The molecule has 2 aromatic heterocycles. The molecule has 1 amide bonds. The van der Waals surface area contributed by atoms with Crippen molar-refractivity contribution in [3.63, 3.8) is 0 Å². The number of aryl methyl sites for hydroxylation is 1. The molecule has 2 heterocycles. The van der Waals surface area contributed by atoms with Gasteiger partial charge in [0.2, 0.25) is 0 Å². The van der Waals surface area contributed by atoms with Crippen LogP contribution in [0.4, 0.5) is 32.2 Å². The van der Waals surface area contributed by atoms with Gasteiger partial charge in [0, 0.05) is 18.3 Å². The fourth-order valence-electron chi connectivity index (χ4n) is 3.96. The standard InChI is InChI=1S/C23H23F3N6O2.C2HF3O2/c1-13-4-5-14(21(2,34)23(24,25)26)8-15(13)17-9-29-19-18(28)31-16(10-32(17)19)20(33)30-12-22(11-27)6-3-7-22;3-2(4,5)1(6)7/h4-5,8-10,34H,3,6-7,12H2,1-2H3,(H2,28,31)(H,30,33);(H,6,7). The maximum Gasteiger partial charge on any atom is 0.490 e. The van der Waals surface area contributed by atoms with Crippen LogP contribution in [0.1, 0.15) is 47.8 Å². The van der Waals surface area contributed by atoms with Gasteiger partial charge in [-0.3, -0.25) is 9.20 Å². The summed E-state index contributed by atoms with van der Waals surface area (Å²) in [5.41, 5.74) is 3.64. The van der Waals surface area contributed by atoms with Gasteiger partial charge in [-0.2, -0.15) is 31.6 Å². The fraction of sp³-hybridized carbons (Fsp3) is 0.400. The van der Waals surface area contributed by atoms with Crippen molar-refractivity contribution in [2.45, 2.75) is 51.1 Å². The lowest BCUT2D eigenvalue weighted by Crippen LogP contribution is -2.41. The van der Waals surface area contributed by atoms with E-state index in [9.17, 15) is 41.5 Å². The Hall–Kier alpha value is -4.39. The van der Waals surface area contributed by atoms with Gasteiger partial charge < -0.3 is 21.3 Å². The number of nitrogens with one attached hydrogen (secondary N) is 1. The van der Waals surface area contributed by atoms with E-state index in [0.717, 1.165) is 6.42 Å². The Bertz CT molecular complexity index is 1520. The van der Waals surface area contributed by atoms with Gasteiger partial charge in [0.05, 0.1) is 23.4 Å². The number of nitrogens with two attached hydrogens (primary N) is 1. The first-order valence-electron chi connectivity index (χ1n) is 11.9. The van der Waals surface area contributed by atoms with Gasteiger partial charge in [-0.15, -0.1) is 0 Å². The predicted octanol–water partition coefficient (Wildman–Crippen LogP) is 4.11. The molecule has 1 aliphatic carbocycles. The zero-order valence-corrected chi connectivity index (χ0v) is 21.6. The molecule has 0 radical (unpaired) electrons. The third-order valence-corrected chi connectivity index (χ3v) is 6.76. The Labute approximate surface area is 228 Å². The molecule has 1 atom stereocenters. The number of hydrogen-bond donors (Lipinski definition) is 4. The Balaban J connectivity index is 0.000000587. The van der Waals surface area contributed by atoms with E-state index in [1.165, 1.54) is 35.0 Å². The highest BCUT2D eigenvalue weighted by Crippen LogP contribution is 2.41. The molecule has 41 heavy (non-hydrogen) atoms. The van der Waals surface area contributed by atoms with Gasteiger partial charge in [0.15, 0.2) is 17.1 Å². The molecular formula is C25H24F6N6O4. The van der Waals surface area contributed by atoms with E-state index < -0.39 is 35.2 Å². The highest BCUT2D eigenvalue weighted by Gasteiger charge is 2.51. The van der Waals surface area contributed by atoms with Crippen molar-refractivity contribution in [3.05, 3.63) is 47.4 Å². The molecule has 0 spiro atoms. The summed E-state index contributed by atoms with van der Waals surface area (Å²) < 4.78 is 73.4. The van der Waals surface area contributed by atoms with Crippen molar-refractivity contribution in [1.82, 2.24) is 19.7 Å². The first-order valence-corrected chi connectivity index (χ1v) is 11.9. The number of imidazole rings is 1. The number of fused-ring (bicyclic) bond motifs is 1. The number of alkyl halides is 6. The molecule has 0 saturated heterocycles. The van der Waals surface area contributed by atoms with Crippen molar-refractivity contribution in [3.8, 4) is 17.3 Å². The summed E-state index contributed by atoms with van der Waals surface area (Å²) in [5.74, 6) is -3.32. The Morgan fingerprint density at radius 3 is 2.32 bits per heavy atom. The van der Waals surface area contributed by atoms with Crippen LogP contribution in [0.3, 0.4) is 0 Å². The quantitative estimate of drug-likeness (QED) is 0.324. The second-order valence-electron chi connectivity index (χ2n) is 9.68.